The predicted octanol–water partition coefficient (Wildman–Crippen LogP) is 6.11. The van der Waals surface area contributed by atoms with Crippen LogP contribution in [0.25, 0.3) is 5.57 Å². The van der Waals surface area contributed by atoms with E-state index in [1.165, 1.54) is 23.9 Å². The molecule has 0 aliphatic carbocycles. The lowest BCUT2D eigenvalue weighted by atomic mass is 9.75. The number of nitrogens with zero attached hydrogens (tertiary/aromatic N) is 2. The summed E-state index contributed by atoms with van der Waals surface area (Å²) in [5.74, 6) is 1.23. The zero-order valence-corrected chi connectivity index (χ0v) is 31.7. The topological polar surface area (TPSA) is 91.0 Å². The molecular formula is C38H60N4O4S. The number of ketones is 1. The van der Waals surface area contributed by atoms with Gasteiger partial charge in [-0.1, -0.05) is 85.7 Å². The zero-order valence-electron chi connectivity index (χ0n) is 30.9. The summed E-state index contributed by atoms with van der Waals surface area (Å²) in [6, 6.07) is 10.8. The Kier molecular flexibility index (Phi) is 11.4. The minimum atomic E-state index is -0.385. The maximum absolute atomic E-state index is 12.8. The Bertz CT molecular complexity index is 1320. The number of hydrogen-bond acceptors (Lipinski definition) is 8. The van der Waals surface area contributed by atoms with Gasteiger partial charge in [0.15, 0.2) is 5.78 Å². The van der Waals surface area contributed by atoms with E-state index in [4.69, 9.17) is 4.74 Å². The van der Waals surface area contributed by atoms with Crippen LogP contribution in [0.3, 0.4) is 0 Å². The number of thioether (sulfide) groups is 1. The smallest absolute Gasteiger partial charge is 0.323 e. The molecule has 6 atom stereocenters. The normalized spacial score (nSPS) is 28.2. The van der Waals surface area contributed by atoms with Crippen LogP contribution in [0, 0.1) is 16.7 Å². The zero-order chi connectivity index (χ0) is 35.1. The van der Waals surface area contributed by atoms with Gasteiger partial charge in [0.1, 0.15) is 12.1 Å². The van der Waals surface area contributed by atoms with Gasteiger partial charge < -0.3 is 20.3 Å². The summed E-state index contributed by atoms with van der Waals surface area (Å²) in [5, 5.41) is 7.22. The van der Waals surface area contributed by atoms with Crippen LogP contribution in [-0.2, 0) is 19.1 Å². The van der Waals surface area contributed by atoms with Gasteiger partial charge in [0.05, 0.1) is 18.5 Å². The number of carbonyl (C=O) groups is 3. The van der Waals surface area contributed by atoms with Gasteiger partial charge in [0.25, 0.3) is 0 Å². The molecule has 0 aromatic heterocycles. The number of Topliss-reactive ketones (excluding diaryl/α,β-unsaturated/α-hetero) is 1. The van der Waals surface area contributed by atoms with E-state index in [0.717, 1.165) is 31.6 Å². The Hall–Kier alpha value is -2.36. The average Bonchev–Trinajstić information content (AvgIpc) is 3.64. The molecule has 9 heteroatoms. The molecule has 6 unspecified atom stereocenters. The molecule has 4 aliphatic heterocycles. The van der Waals surface area contributed by atoms with Crippen molar-refractivity contribution in [1.29, 1.82) is 0 Å². The molecule has 0 radical (unpaired) electrons. The number of rotatable bonds is 6. The number of fused-ring (bicyclic) bond motifs is 2. The highest BCUT2D eigenvalue weighted by atomic mass is 32.2. The van der Waals surface area contributed by atoms with Crippen molar-refractivity contribution in [3.8, 4) is 0 Å². The number of methoxy groups -OCH3 is 1. The molecule has 8 nitrogen and oxygen atoms in total. The van der Waals surface area contributed by atoms with E-state index in [0.29, 0.717) is 6.04 Å². The monoisotopic (exact) mass is 668 g/mol. The summed E-state index contributed by atoms with van der Waals surface area (Å²) in [6.45, 7) is 23.9. The Morgan fingerprint density at radius 3 is 2.15 bits per heavy atom. The van der Waals surface area contributed by atoms with Crippen LogP contribution in [0.1, 0.15) is 101 Å². The number of ether oxygens (including phenoxy) is 1. The SMILES string of the molecule is CC(C)NC1CC2SCC(C(=O)C(C)(C)C)N2C1=O.COC(=O)C1C(C(C)(C)C)CC2CC(c3ccccc3)=C(NC(C)(C)C)CN21. The average molecular weight is 669 g/mol. The Balaban J connectivity index is 0.000000229. The second-order valence-corrected chi connectivity index (χ2v) is 18.4. The molecule has 1 amide bonds. The van der Waals surface area contributed by atoms with E-state index in [9.17, 15) is 14.4 Å². The van der Waals surface area contributed by atoms with E-state index in [2.05, 4.69) is 87.4 Å². The van der Waals surface area contributed by atoms with Crippen LogP contribution >= 0.6 is 11.8 Å². The van der Waals surface area contributed by atoms with Crippen molar-refractivity contribution in [3.05, 3.63) is 41.6 Å². The maximum atomic E-state index is 12.8. The van der Waals surface area contributed by atoms with Gasteiger partial charge in [-0.05, 0) is 56.1 Å². The van der Waals surface area contributed by atoms with E-state index < -0.39 is 0 Å². The van der Waals surface area contributed by atoms with Gasteiger partial charge in [0, 0.05) is 47.5 Å². The highest BCUT2D eigenvalue weighted by Crippen LogP contribution is 2.47. The van der Waals surface area contributed by atoms with Crippen LogP contribution in [-0.4, -0.2) is 88.0 Å². The third kappa shape index (κ3) is 8.63. The molecule has 3 saturated heterocycles. The standard InChI is InChI=1S/C24H36N2O2.C14H24N2O2S/c1-23(2,3)19-14-17-13-18(16-11-9-8-10-12-16)20(25-24(4,5)6)15-26(17)21(19)22(27)28-7;1-8(2)15-9-6-11-16(13(9)18)10(7-19-11)12(17)14(3,4)5/h8-12,17,19,21,25H,13-15H2,1-7H3;8-11,15H,6-7H2,1-5H3. The molecule has 47 heavy (non-hydrogen) atoms. The highest BCUT2D eigenvalue weighted by Gasteiger charge is 2.53. The Labute approximate surface area is 288 Å². The van der Waals surface area contributed by atoms with Crippen LogP contribution in [0.4, 0.5) is 0 Å². The van der Waals surface area contributed by atoms with Gasteiger partial charge in [-0.2, -0.15) is 0 Å². The van der Waals surface area contributed by atoms with Crippen LogP contribution in [0.15, 0.2) is 36.0 Å². The molecule has 0 saturated carbocycles. The predicted molar refractivity (Wildman–Crippen MR) is 193 cm³/mol. The molecule has 4 heterocycles. The van der Waals surface area contributed by atoms with E-state index in [1.807, 2.05) is 39.5 Å². The fraction of sp³-hybridized carbons (Fsp3) is 0.711. The first-order chi connectivity index (χ1) is 21.7. The first-order valence-electron chi connectivity index (χ1n) is 17.4. The third-order valence-corrected chi connectivity index (χ3v) is 11.1. The molecule has 0 spiro atoms. The van der Waals surface area contributed by atoms with Crippen molar-refractivity contribution in [2.24, 2.45) is 16.7 Å². The fourth-order valence-electron chi connectivity index (χ4n) is 7.59. The summed E-state index contributed by atoms with van der Waals surface area (Å²) >= 11 is 1.74. The van der Waals surface area contributed by atoms with Crippen LogP contribution in [0.2, 0.25) is 0 Å². The molecular weight excluding hydrogens is 609 g/mol. The van der Waals surface area contributed by atoms with Crippen molar-refractivity contribution in [2.75, 3.05) is 19.4 Å². The molecule has 2 N–H and O–H groups in total. The highest BCUT2D eigenvalue weighted by molar-refractivity contribution is 8.00. The van der Waals surface area contributed by atoms with E-state index >= 15 is 0 Å². The summed E-state index contributed by atoms with van der Waals surface area (Å²) in [7, 11) is 1.51. The minimum Gasteiger partial charge on any atom is -0.468 e. The largest absolute Gasteiger partial charge is 0.468 e. The molecule has 1 aromatic rings. The van der Waals surface area contributed by atoms with Gasteiger partial charge in [-0.25, -0.2) is 0 Å². The number of carbonyl (C=O) groups excluding carboxylic acids is 3. The van der Waals surface area contributed by atoms with Gasteiger partial charge >= 0.3 is 5.97 Å². The van der Waals surface area contributed by atoms with E-state index in [1.54, 1.807) is 11.8 Å². The second kappa shape index (κ2) is 14.2. The maximum Gasteiger partial charge on any atom is 0.323 e. The first kappa shape index (κ1) is 37.5. The molecule has 4 aliphatic rings. The summed E-state index contributed by atoms with van der Waals surface area (Å²) in [4.78, 5) is 41.9. The number of nitrogens with one attached hydrogen (secondary N) is 2. The van der Waals surface area contributed by atoms with Crippen molar-refractivity contribution in [2.45, 2.75) is 137 Å². The number of esters is 1. The second-order valence-electron chi connectivity index (χ2n) is 17.2. The van der Waals surface area contributed by atoms with Crippen molar-refractivity contribution in [3.63, 3.8) is 0 Å². The number of hydrogen-bond donors (Lipinski definition) is 2. The first-order valence-corrected chi connectivity index (χ1v) is 18.4. The molecule has 262 valence electrons. The Morgan fingerprint density at radius 1 is 0.979 bits per heavy atom. The van der Waals surface area contributed by atoms with Crippen molar-refractivity contribution in [1.82, 2.24) is 20.4 Å². The van der Waals surface area contributed by atoms with Crippen molar-refractivity contribution >= 4 is 35.0 Å². The molecule has 3 fully saturated rings. The van der Waals surface area contributed by atoms with Gasteiger partial charge in [-0.3, -0.25) is 19.3 Å². The van der Waals surface area contributed by atoms with Crippen molar-refractivity contribution < 1.29 is 19.1 Å². The number of benzene rings is 1. The lowest BCUT2D eigenvalue weighted by Crippen LogP contribution is -2.51. The lowest BCUT2D eigenvalue weighted by molar-refractivity contribution is -0.149. The summed E-state index contributed by atoms with van der Waals surface area (Å²) in [6.07, 6.45) is 2.81. The third-order valence-electron chi connectivity index (χ3n) is 9.74. The fourth-order valence-corrected chi connectivity index (χ4v) is 9.05. The quantitative estimate of drug-likeness (QED) is 0.351. The Morgan fingerprint density at radius 2 is 1.62 bits per heavy atom. The van der Waals surface area contributed by atoms with Gasteiger partial charge in [-0.15, -0.1) is 11.8 Å². The molecule has 1 aromatic carbocycles. The lowest BCUT2D eigenvalue weighted by Gasteiger charge is -2.39. The minimum absolute atomic E-state index is 0.0356. The van der Waals surface area contributed by atoms with E-state index in [-0.39, 0.29) is 69.5 Å². The number of amides is 1. The molecule has 5 rings (SSSR count). The molecule has 0 bridgehead atoms. The summed E-state index contributed by atoms with van der Waals surface area (Å²) < 4.78 is 5.24. The van der Waals surface area contributed by atoms with Crippen LogP contribution in [0.5, 0.6) is 0 Å². The summed E-state index contributed by atoms with van der Waals surface area (Å²) in [5.41, 5.74) is 3.53. The van der Waals surface area contributed by atoms with Gasteiger partial charge in [0.2, 0.25) is 5.91 Å². The van der Waals surface area contributed by atoms with Crippen LogP contribution < -0.4 is 10.6 Å².